The van der Waals surface area contributed by atoms with E-state index in [-0.39, 0.29) is 5.41 Å². The maximum absolute atomic E-state index is 2.88. The molecule has 0 amide bonds. The predicted molar refractivity (Wildman–Crippen MR) is 274 cm³/mol. The van der Waals surface area contributed by atoms with Crippen LogP contribution in [0.15, 0.2) is 234 Å². The van der Waals surface area contributed by atoms with Gasteiger partial charge in [-0.05, 0) is 125 Å². The second-order valence-electron chi connectivity index (χ2n) is 18.0. The van der Waals surface area contributed by atoms with Gasteiger partial charge in [-0.3, -0.25) is 0 Å². The Hall–Kier alpha value is -7.17. The first kappa shape index (κ1) is 37.4. The second kappa shape index (κ2) is 14.2. The van der Waals surface area contributed by atoms with Crippen LogP contribution in [0, 0.1) is 0 Å². The third-order valence-electron chi connectivity index (χ3n) is 14.3. The van der Waals surface area contributed by atoms with Crippen molar-refractivity contribution in [3.63, 3.8) is 0 Å². The highest BCUT2D eigenvalue weighted by Gasteiger charge is 2.47. The first-order valence-corrected chi connectivity index (χ1v) is 25.1. The molecule has 1 aliphatic heterocycles. The molecule has 1 aliphatic carbocycles. The van der Waals surface area contributed by atoms with Gasteiger partial charge in [0.15, 0.2) is 8.07 Å². The van der Waals surface area contributed by atoms with Gasteiger partial charge in [-0.25, -0.2) is 0 Å². The summed E-state index contributed by atoms with van der Waals surface area (Å²) in [5.74, 6) is 0. The fraction of sp³-hybridized carbons (Fsp3) is 0.0492. The van der Waals surface area contributed by atoms with Gasteiger partial charge in [-0.1, -0.05) is 202 Å². The summed E-state index contributed by atoms with van der Waals surface area (Å²) in [5.41, 5.74) is 14.0. The molecule has 1 nitrogen and oxygen atoms in total. The third-order valence-corrected chi connectivity index (χ3v) is 20.7. The molecule has 0 saturated carbocycles. The van der Waals surface area contributed by atoms with Crippen LogP contribution in [0.25, 0.3) is 71.6 Å². The minimum Gasteiger partial charge on any atom is -0.309 e. The van der Waals surface area contributed by atoms with Gasteiger partial charge in [0.1, 0.15) is 0 Å². The average Bonchev–Trinajstić information content (AvgIpc) is 3.81. The fourth-order valence-corrected chi connectivity index (χ4v) is 18.2. The van der Waals surface area contributed by atoms with Crippen molar-refractivity contribution in [1.82, 2.24) is 4.57 Å². The summed E-state index contributed by atoms with van der Waals surface area (Å²) >= 11 is 1.94. The molecule has 11 aromatic rings. The molecule has 0 saturated heterocycles. The number of nitrogens with zero attached hydrogens (tertiary/aromatic N) is 1. The van der Waals surface area contributed by atoms with E-state index in [4.69, 9.17) is 0 Å². The van der Waals surface area contributed by atoms with Crippen LogP contribution in [0.2, 0.25) is 0 Å². The first-order valence-electron chi connectivity index (χ1n) is 22.3. The van der Waals surface area contributed by atoms with Gasteiger partial charge in [-0.15, -0.1) is 0 Å². The Labute approximate surface area is 379 Å². The van der Waals surface area contributed by atoms with Crippen LogP contribution in [0.5, 0.6) is 0 Å². The molecule has 10 aromatic carbocycles. The lowest BCUT2D eigenvalue weighted by Gasteiger charge is -2.40. The zero-order chi connectivity index (χ0) is 42.6. The van der Waals surface area contributed by atoms with Crippen molar-refractivity contribution in [3.05, 3.63) is 236 Å². The molecule has 13 rings (SSSR count). The van der Waals surface area contributed by atoms with Crippen LogP contribution >= 0.6 is 11.8 Å². The summed E-state index contributed by atoms with van der Waals surface area (Å²) in [6.07, 6.45) is 0. The van der Waals surface area contributed by atoms with Crippen LogP contribution in [0.4, 0.5) is 0 Å². The number of rotatable bonds is 5. The molecular weight excluding hydrogens is 807 g/mol. The molecular formula is C61H43NSSi. The third kappa shape index (κ3) is 5.44. The molecule has 2 aliphatic rings. The Morgan fingerprint density at radius 2 is 0.938 bits per heavy atom. The van der Waals surface area contributed by atoms with Gasteiger partial charge in [0.2, 0.25) is 0 Å². The highest BCUT2D eigenvalue weighted by atomic mass is 32.2. The lowest BCUT2D eigenvalue weighted by atomic mass is 9.81. The molecule has 1 atom stereocenters. The summed E-state index contributed by atoms with van der Waals surface area (Å²) in [5, 5.41) is 10.8. The van der Waals surface area contributed by atoms with Crippen molar-refractivity contribution in [2.24, 2.45) is 0 Å². The number of benzene rings is 10. The molecule has 3 heteroatoms. The number of para-hydroxylation sites is 2. The van der Waals surface area contributed by atoms with Gasteiger partial charge in [0.25, 0.3) is 0 Å². The summed E-state index contributed by atoms with van der Waals surface area (Å²) in [6.45, 7) is 4.79. The lowest BCUT2D eigenvalue weighted by molar-refractivity contribution is 0.661. The zero-order valence-electron chi connectivity index (χ0n) is 35.7. The fourth-order valence-electron chi connectivity index (χ4n) is 11.2. The summed E-state index contributed by atoms with van der Waals surface area (Å²) in [4.78, 5) is 2.69. The molecule has 0 spiro atoms. The van der Waals surface area contributed by atoms with E-state index >= 15 is 0 Å². The largest absolute Gasteiger partial charge is 0.309 e. The van der Waals surface area contributed by atoms with Crippen LogP contribution < -0.4 is 20.7 Å². The van der Waals surface area contributed by atoms with Gasteiger partial charge < -0.3 is 4.57 Å². The molecule has 0 N–H and O–H groups in total. The van der Waals surface area contributed by atoms with E-state index in [1.165, 1.54) is 113 Å². The number of hydrogen-bond donors (Lipinski definition) is 0. The number of aromatic nitrogens is 1. The van der Waals surface area contributed by atoms with E-state index in [0.29, 0.717) is 0 Å². The Balaban J connectivity index is 0.982. The van der Waals surface area contributed by atoms with Gasteiger partial charge in [-0.2, -0.15) is 0 Å². The second-order valence-corrected chi connectivity index (χ2v) is 22.9. The Kier molecular flexibility index (Phi) is 8.28. The standard InChI is InChI=1S/C61H43NSSi/c1-61(2)53-37-43(40-14-4-3-5-15-40)25-33-49(53)50-34-26-44(38-54(50)61)45-27-35-60-58(39-45)63-57-22-12-13-23-59(57)64(60,48-30-24-41-16-6-7-17-42(41)36-48)47-31-28-46(29-32-47)62-55-20-10-8-18-51(55)52-19-9-11-21-56(52)62/h3-39H,1-2H3. The molecule has 0 bridgehead atoms. The van der Waals surface area contributed by atoms with Crippen molar-refractivity contribution in [2.45, 2.75) is 29.1 Å². The van der Waals surface area contributed by atoms with E-state index in [0.717, 1.165) is 0 Å². The van der Waals surface area contributed by atoms with Crippen molar-refractivity contribution in [2.75, 3.05) is 0 Å². The SMILES string of the molecule is CC1(C)c2cc(-c3ccccc3)ccc2-c2ccc(-c3ccc4c(c3)Sc3ccccc3[Si]4(c3ccc(-n4c5ccccc5c5ccccc54)cc3)c3ccc4ccccc4c3)cc21. The Morgan fingerprint density at radius 1 is 0.391 bits per heavy atom. The van der Waals surface area contributed by atoms with Gasteiger partial charge in [0.05, 0.1) is 11.0 Å². The van der Waals surface area contributed by atoms with E-state index in [2.05, 4.69) is 243 Å². The number of hydrogen-bond acceptors (Lipinski definition) is 1. The first-order chi connectivity index (χ1) is 31.5. The molecule has 1 aromatic heterocycles. The van der Waals surface area contributed by atoms with Crippen LogP contribution in [-0.2, 0) is 5.41 Å². The maximum atomic E-state index is 2.50. The smallest absolute Gasteiger partial charge is 0.181 e. The molecule has 64 heavy (non-hydrogen) atoms. The van der Waals surface area contributed by atoms with Crippen LogP contribution in [0.3, 0.4) is 0 Å². The van der Waals surface area contributed by atoms with E-state index in [1.807, 2.05) is 11.8 Å². The highest BCUT2D eigenvalue weighted by molar-refractivity contribution is 8.00. The van der Waals surface area contributed by atoms with Crippen molar-refractivity contribution >= 4 is 73.2 Å². The minimum atomic E-state index is -2.88. The molecule has 1 unspecified atom stereocenters. The average molecular weight is 850 g/mol. The zero-order valence-corrected chi connectivity index (χ0v) is 37.5. The minimum absolute atomic E-state index is 0.128. The predicted octanol–water partition coefficient (Wildman–Crippen LogP) is 13.4. The van der Waals surface area contributed by atoms with E-state index in [1.54, 1.807) is 0 Å². The number of fused-ring (bicyclic) bond motifs is 9. The summed E-state index contributed by atoms with van der Waals surface area (Å²) in [6, 6.07) is 85.0. The molecule has 2 heterocycles. The van der Waals surface area contributed by atoms with Crippen LogP contribution in [0.1, 0.15) is 25.0 Å². The summed E-state index contributed by atoms with van der Waals surface area (Å²) in [7, 11) is -2.88. The molecule has 302 valence electrons. The Bertz CT molecular complexity index is 3620. The van der Waals surface area contributed by atoms with Crippen molar-refractivity contribution < 1.29 is 0 Å². The molecule has 0 fully saturated rings. The lowest BCUT2D eigenvalue weighted by Crippen LogP contribution is -2.76. The van der Waals surface area contributed by atoms with Crippen molar-refractivity contribution in [1.29, 1.82) is 0 Å². The topological polar surface area (TPSA) is 4.93 Å². The van der Waals surface area contributed by atoms with E-state index < -0.39 is 8.07 Å². The summed E-state index contributed by atoms with van der Waals surface area (Å²) < 4.78 is 2.43. The van der Waals surface area contributed by atoms with Crippen LogP contribution in [-0.4, -0.2) is 12.6 Å². The van der Waals surface area contributed by atoms with Crippen molar-refractivity contribution in [3.8, 4) is 39.1 Å². The monoisotopic (exact) mass is 849 g/mol. The van der Waals surface area contributed by atoms with Gasteiger partial charge in [0, 0.05) is 31.7 Å². The highest BCUT2D eigenvalue weighted by Crippen LogP contribution is 2.51. The normalized spacial score (nSPS) is 15.8. The quantitative estimate of drug-likeness (QED) is 0.156. The van der Waals surface area contributed by atoms with E-state index in [9.17, 15) is 0 Å². The van der Waals surface area contributed by atoms with Gasteiger partial charge >= 0.3 is 0 Å². The maximum Gasteiger partial charge on any atom is 0.181 e. The Morgan fingerprint density at radius 3 is 1.66 bits per heavy atom. The molecule has 0 radical (unpaired) electrons.